The molecule has 0 bridgehead atoms. The van der Waals surface area contributed by atoms with Crippen molar-refractivity contribution in [1.82, 2.24) is 14.4 Å². The number of hydrogen-bond acceptors (Lipinski definition) is 3. The molecule has 1 fully saturated rings. The van der Waals surface area contributed by atoms with Crippen molar-refractivity contribution in [3.8, 4) is 0 Å². The number of benzene rings is 1. The highest BCUT2D eigenvalue weighted by molar-refractivity contribution is 5.83. The van der Waals surface area contributed by atoms with E-state index in [2.05, 4.69) is 4.57 Å². The smallest absolute Gasteiger partial charge is 0.410 e. The van der Waals surface area contributed by atoms with Gasteiger partial charge >= 0.3 is 6.09 Å². The lowest BCUT2D eigenvalue weighted by molar-refractivity contribution is -0.135. The third kappa shape index (κ3) is 3.41. The second kappa shape index (κ2) is 7.06. The van der Waals surface area contributed by atoms with Crippen molar-refractivity contribution < 1.29 is 18.7 Å². The van der Waals surface area contributed by atoms with Crippen LogP contribution < -0.4 is 0 Å². The fourth-order valence-electron chi connectivity index (χ4n) is 3.73. The van der Waals surface area contributed by atoms with Crippen LogP contribution in [-0.4, -0.2) is 52.6 Å². The van der Waals surface area contributed by atoms with E-state index in [4.69, 9.17) is 4.74 Å². The molecule has 2 heterocycles. The molecule has 1 atom stereocenters. The fourth-order valence-corrected chi connectivity index (χ4v) is 3.73. The van der Waals surface area contributed by atoms with E-state index in [9.17, 15) is 14.0 Å². The molecule has 142 valence electrons. The molecule has 7 heteroatoms. The zero-order chi connectivity index (χ0) is 19.0. The van der Waals surface area contributed by atoms with Crippen LogP contribution in [0.5, 0.6) is 0 Å². The topological polar surface area (TPSA) is 54.8 Å². The molecular formula is C20H22FN3O3. The molecule has 0 radical (unpaired) electrons. The Bertz CT molecular complexity index is 844. The van der Waals surface area contributed by atoms with Crippen molar-refractivity contribution in [2.45, 2.75) is 31.5 Å². The maximum atomic E-state index is 13.4. The molecule has 0 N–H and O–H groups in total. The molecule has 1 unspecified atom stereocenters. The summed E-state index contributed by atoms with van der Waals surface area (Å²) < 4.78 is 20.3. The van der Waals surface area contributed by atoms with Crippen molar-refractivity contribution in [2.75, 3.05) is 20.2 Å². The van der Waals surface area contributed by atoms with Crippen LogP contribution in [0.2, 0.25) is 0 Å². The van der Waals surface area contributed by atoms with E-state index in [1.54, 1.807) is 17.0 Å². The molecule has 1 aliphatic carbocycles. The first kappa shape index (κ1) is 17.6. The SMILES string of the molecule is COC(=O)N(CC(=O)N1CCn2cccc2C1c1ccc(F)cc1)C1CC1. The molecule has 6 nitrogen and oxygen atoms in total. The number of rotatable bonds is 4. The van der Waals surface area contributed by atoms with Crippen LogP contribution in [0.4, 0.5) is 9.18 Å². The van der Waals surface area contributed by atoms with E-state index in [0.717, 1.165) is 24.1 Å². The molecule has 0 saturated heterocycles. The maximum absolute atomic E-state index is 13.4. The first-order chi connectivity index (χ1) is 13.1. The van der Waals surface area contributed by atoms with Crippen molar-refractivity contribution >= 4 is 12.0 Å². The van der Waals surface area contributed by atoms with Crippen LogP contribution in [0, 0.1) is 5.82 Å². The van der Waals surface area contributed by atoms with Crippen LogP contribution in [0.15, 0.2) is 42.6 Å². The monoisotopic (exact) mass is 371 g/mol. The summed E-state index contributed by atoms with van der Waals surface area (Å²) in [5.41, 5.74) is 1.83. The Balaban J connectivity index is 1.62. The van der Waals surface area contributed by atoms with Gasteiger partial charge in [0.2, 0.25) is 5.91 Å². The number of carbonyl (C=O) groups excluding carboxylic acids is 2. The Labute approximate surface area is 157 Å². The molecule has 1 aromatic heterocycles. The maximum Gasteiger partial charge on any atom is 0.410 e. The molecule has 4 rings (SSSR count). The van der Waals surface area contributed by atoms with Crippen LogP contribution in [0.25, 0.3) is 0 Å². The first-order valence-corrected chi connectivity index (χ1v) is 9.13. The average molecular weight is 371 g/mol. The molecular weight excluding hydrogens is 349 g/mol. The summed E-state index contributed by atoms with van der Waals surface area (Å²) in [7, 11) is 1.33. The molecule has 27 heavy (non-hydrogen) atoms. The van der Waals surface area contributed by atoms with Gasteiger partial charge < -0.3 is 14.2 Å². The van der Waals surface area contributed by atoms with Gasteiger partial charge in [0.15, 0.2) is 0 Å². The second-order valence-corrected chi connectivity index (χ2v) is 7.00. The highest BCUT2D eigenvalue weighted by Crippen LogP contribution is 2.33. The van der Waals surface area contributed by atoms with E-state index >= 15 is 0 Å². The van der Waals surface area contributed by atoms with Crippen molar-refractivity contribution in [3.63, 3.8) is 0 Å². The number of carbonyl (C=O) groups is 2. The number of amides is 2. The van der Waals surface area contributed by atoms with E-state index in [0.29, 0.717) is 13.1 Å². The van der Waals surface area contributed by atoms with Gasteiger partial charge in [-0.3, -0.25) is 9.69 Å². The normalized spacial score (nSPS) is 18.7. The lowest BCUT2D eigenvalue weighted by Gasteiger charge is -2.38. The minimum Gasteiger partial charge on any atom is -0.453 e. The third-order valence-electron chi connectivity index (χ3n) is 5.25. The van der Waals surface area contributed by atoms with Crippen molar-refractivity contribution in [3.05, 3.63) is 59.7 Å². The number of ether oxygens (including phenoxy) is 1. The van der Waals surface area contributed by atoms with Gasteiger partial charge in [0.05, 0.1) is 13.2 Å². The molecule has 2 aliphatic rings. The Kier molecular flexibility index (Phi) is 4.59. The quantitative estimate of drug-likeness (QED) is 0.831. The number of aromatic nitrogens is 1. The fraction of sp³-hybridized carbons (Fsp3) is 0.400. The van der Waals surface area contributed by atoms with Gasteiger partial charge in [0.25, 0.3) is 0 Å². The zero-order valence-corrected chi connectivity index (χ0v) is 15.2. The largest absolute Gasteiger partial charge is 0.453 e. The van der Waals surface area contributed by atoms with E-state index in [-0.39, 0.29) is 30.4 Å². The summed E-state index contributed by atoms with van der Waals surface area (Å²) in [6, 6.07) is 9.94. The van der Waals surface area contributed by atoms with Gasteiger partial charge in [-0.2, -0.15) is 0 Å². The van der Waals surface area contributed by atoms with Gasteiger partial charge in [0.1, 0.15) is 12.4 Å². The Morgan fingerprint density at radius 3 is 2.59 bits per heavy atom. The van der Waals surface area contributed by atoms with Gasteiger partial charge in [-0.15, -0.1) is 0 Å². The van der Waals surface area contributed by atoms with Crippen LogP contribution in [-0.2, 0) is 16.1 Å². The van der Waals surface area contributed by atoms with E-state index in [1.807, 2.05) is 18.3 Å². The summed E-state index contributed by atoms with van der Waals surface area (Å²) in [5.74, 6) is -0.442. The van der Waals surface area contributed by atoms with Crippen LogP contribution >= 0.6 is 0 Å². The molecule has 1 aliphatic heterocycles. The number of methoxy groups -OCH3 is 1. The number of nitrogens with zero attached hydrogens (tertiary/aromatic N) is 3. The summed E-state index contributed by atoms with van der Waals surface area (Å²) in [4.78, 5) is 28.5. The van der Waals surface area contributed by atoms with Gasteiger partial charge in [-0.1, -0.05) is 12.1 Å². The summed E-state index contributed by atoms with van der Waals surface area (Å²) in [6.45, 7) is 1.21. The summed E-state index contributed by atoms with van der Waals surface area (Å²) in [6.07, 6.45) is 3.31. The number of halogens is 1. The first-order valence-electron chi connectivity index (χ1n) is 9.13. The van der Waals surface area contributed by atoms with E-state index in [1.165, 1.54) is 24.1 Å². The predicted octanol–water partition coefficient (Wildman–Crippen LogP) is 2.79. The molecule has 2 amide bonds. The second-order valence-electron chi connectivity index (χ2n) is 7.00. The van der Waals surface area contributed by atoms with Crippen molar-refractivity contribution in [1.29, 1.82) is 0 Å². The average Bonchev–Trinajstić information content (AvgIpc) is 3.41. The Morgan fingerprint density at radius 1 is 1.19 bits per heavy atom. The van der Waals surface area contributed by atoms with Gasteiger partial charge in [0, 0.05) is 31.0 Å². The lowest BCUT2D eigenvalue weighted by atomic mass is 9.99. The minimum absolute atomic E-state index is 0.00422. The summed E-state index contributed by atoms with van der Waals surface area (Å²) >= 11 is 0. The highest BCUT2D eigenvalue weighted by Gasteiger charge is 2.38. The zero-order valence-electron chi connectivity index (χ0n) is 15.2. The number of fused-ring (bicyclic) bond motifs is 1. The van der Waals surface area contributed by atoms with Gasteiger partial charge in [-0.05, 0) is 42.7 Å². The third-order valence-corrected chi connectivity index (χ3v) is 5.25. The standard InChI is InChI=1S/C20H22FN3O3/c1-27-20(26)24(16-8-9-16)13-18(25)23-12-11-22-10-2-3-17(22)19(23)14-4-6-15(21)7-5-14/h2-7,10,16,19H,8-9,11-13H2,1H3. The lowest BCUT2D eigenvalue weighted by Crippen LogP contribution is -2.48. The molecule has 0 spiro atoms. The predicted molar refractivity (Wildman–Crippen MR) is 96.5 cm³/mol. The minimum atomic E-state index is -0.468. The highest BCUT2D eigenvalue weighted by atomic mass is 19.1. The summed E-state index contributed by atoms with van der Waals surface area (Å²) in [5, 5.41) is 0. The molecule has 1 saturated carbocycles. The van der Waals surface area contributed by atoms with E-state index < -0.39 is 6.09 Å². The Morgan fingerprint density at radius 2 is 1.93 bits per heavy atom. The Hall–Kier alpha value is -2.83. The van der Waals surface area contributed by atoms with Crippen LogP contribution in [0.1, 0.15) is 30.1 Å². The molecule has 2 aromatic rings. The van der Waals surface area contributed by atoms with Crippen molar-refractivity contribution in [2.24, 2.45) is 0 Å². The number of hydrogen-bond donors (Lipinski definition) is 0. The molecule has 1 aromatic carbocycles. The van der Waals surface area contributed by atoms with Gasteiger partial charge in [-0.25, -0.2) is 9.18 Å². The van der Waals surface area contributed by atoms with Crippen LogP contribution in [0.3, 0.4) is 0 Å².